The molecule has 7 heteroatoms. The van der Waals surface area contributed by atoms with Crippen LogP contribution in [0.25, 0.3) is 11.4 Å². The summed E-state index contributed by atoms with van der Waals surface area (Å²) >= 11 is 0. The summed E-state index contributed by atoms with van der Waals surface area (Å²) in [5.74, 6) is 0.643. The summed E-state index contributed by atoms with van der Waals surface area (Å²) < 4.78 is 24.9. The molecule has 4 rings (SSSR count). The molecule has 0 N–H and O–H groups in total. The molecule has 1 fully saturated rings. The maximum atomic E-state index is 14.3. The second kappa shape index (κ2) is 9.07. The van der Waals surface area contributed by atoms with Gasteiger partial charge in [-0.2, -0.15) is 4.98 Å². The Balaban J connectivity index is 1.58. The van der Waals surface area contributed by atoms with E-state index < -0.39 is 5.82 Å². The SMILES string of the molecule is COc1ccc(-c2noc(CN(C(=O)c3ccccc3F)C3CCCCC3)n2)cc1. The van der Waals surface area contributed by atoms with E-state index in [1.54, 1.807) is 24.1 Å². The molecule has 30 heavy (non-hydrogen) atoms. The van der Waals surface area contributed by atoms with Gasteiger partial charge in [-0.3, -0.25) is 4.79 Å². The van der Waals surface area contributed by atoms with Crippen LogP contribution in [0.15, 0.2) is 53.1 Å². The molecule has 1 heterocycles. The maximum Gasteiger partial charge on any atom is 0.257 e. The minimum absolute atomic E-state index is 0.0298. The summed E-state index contributed by atoms with van der Waals surface area (Å²) in [6.07, 6.45) is 5.03. The molecule has 1 aliphatic carbocycles. The van der Waals surface area contributed by atoms with Crippen molar-refractivity contribution in [3.63, 3.8) is 0 Å². The third-order valence-corrected chi connectivity index (χ3v) is 5.50. The van der Waals surface area contributed by atoms with E-state index in [9.17, 15) is 9.18 Å². The zero-order valence-electron chi connectivity index (χ0n) is 16.9. The molecule has 6 nitrogen and oxygen atoms in total. The molecule has 2 aromatic carbocycles. The van der Waals surface area contributed by atoms with E-state index in [1.165, 1.54) is 12.1 Å². The van der Waals surface area contributed by atoms with E-state index >= 15 is 0 Å². The summed E-state index contributed by atoms with van der Waals surface area (Å²) in [5.41, 5.74) is 0.855. The Morgan fingerprint density at radius 3 is 2.57 bits per heavy atom. The van der Waals surface area contributed by atoms with Crippen molar-refractivity contribution in [2.75, 3.05) is 7.11 Å². The molecule has 1 saturated carbocycles. The van der Waals surface area contributed by atoms with Crippen LogP contribution in [0.5, 0.6) is 5.75 Å². The van der Waals surface area contributed by atoms with Crippen LogP contribution in [0, 0.1) is 5.82 Å². The predicted molar refractivity (Wildman–Crippen MR) is 109 cm³/mol. The third-order valence-electron chi connectivity index (χ3n) is 5.50. The van der Waals surface area contributed by atoms with Crippen molar-refractivity contribution < 1.29 is 18.4 Å². The molecule has 156 valence electrons. The van der Waals surface area contributed by atoms with Crippen molar-refractivity contribution in [1.82, 2.24) is 15.0 Å². The minimum Gasteiger partial charge on any atom is -0.497 e. The van der Waals surface area contributed by atoms with Gasteiger partial charge < -0.3 is 14.2 Å². The minimum atomic E-state index is -0.521. The normalized spacial score (nSPS) is 14.5. The lowest BCUT2D eigenvalue weighted by atomic mass is 9.93. The second-order valence-electron chi connectivity index (χ2n) is 7.44. The first-order valence-electron chi connectivity index (χ1n) is 10.2. The van der Waals surface area contributed by atoms with Gasteiger partial charge in [0.15, 0.2) is 0 Å². The van der Waals surface area contributed by atoms with Crippen LogP contribution in [0.4, 0.5) is 4.39 Å². The van der Waals surface area contributed by atoms with Crippen molar-refractivity contribution in [3.05, 3.63) is 65.8 Å². The summed E-state index contributed by atoms with van der Waals surface area (Å²) in [6, 6.07) is 13.4. The average Bonchev–Trinajstić information content (AvgIpc) is 3.27. The lowest BCUT2D eigenvalue weighted by Crippen LogP contribution is -2.41. The summed E-state index contributed by atoms with van der Waals surface area (Å²) in [6.45, 7) is 0.154. The highest BCUT2D eigenvalue weighted by Gasteiger charge is 2.29. The third kappa shape index (κ3) is 4.35. The van der Waals surface area contributed by atoms with E-state index in [-0.39, 0.29) is 24.1 Å². The van der Waals surface area contributed by atoms with Gasteiger partial charge in [-0.15, -0.1) is 0 Å². The van der Waals surface area contributed by atoms with Crippen LogP contribution in [0.1, 0.15) is 48.4 Å². The van der Waals surface area contributed by atoms with Gasteiger partial charge in [0.2, 0.25) is 11.7 Å². The first-order chi connectivity index (χ1) is 14.7. The van der Waals surface area contributed by atoms with Gasteiger partial charge in [-0.05, 0) is 49.2 Å². The first kappa shape index (κ1) is 20.1. The Hall–Kier alpha value is -3.22. The van der Waals surface area contributed by atoms with Gasteiger partial charge in [0.25, 0.3) is 5.91 Å². The topological polar surface area (TPSA) is 68.5 Å². The standard InChI is InChI=1S/C23H24FN3O3/c1-29-18-13-11-16(12-14-18)22-25-21(30-26-22)15-27(17-7-3-2-4-8-17)23(28)19-9-5-6-10-20(19)24/h5-6,9-14,17H,2-4,7-8,15H2,1H3. The highest BCUT2D eigenvalue weighted by atomic mass is 19.1. The fourth-order valence-electron chi connectivity index (χ4n) is 3.87. The molecule has 3 aromatic rings. The quantitative estimate of drug-likeness (QED) is 0.582. The van der Waals surface area contributed by atoms with Gasteiger partial charge in [-0.25, -0.2) is 4.39 Å². The lowest BCUT2D eigenvalue weighted by molar-refractivity contribution is 0.0581. The number of methoxy groups -OCH3 is 1. The molecular weight excluding hydrogens is 385 g/mol. The van der Waals surface area contributed by atoms with Gasteiger partial charge >= 0.3 is 0 Å². The Morgan fingerprint density at radius 1 is 1.13 bits per heavy atom. The summed E-state index contributed by atoms with van der Waals surface area (Å²) in [5, 5.41) is 4.05. The predicted octanol–water partition coefficient (Wildman–Crippen LogP) is 4.86. The summed E-state index contributed by atoms with van der Waals surface area (Å²) in [7, 11) is 1.61. The van der Waals surface area contributed by atoms with Crippen LogP contribution in [0.3, 0.4) is 0 Å². The van der Waals surface area contributed by atoms with Crippen LogP contribution in [-0.4, -0.2) is 34.1 Å². The van der Waals surface area contributed by atoms with Crippen molar-refractivity contribution in [2.45, 2.75) is 44.7 Å². The first-order valence-corrected chi connectivity index (χ1v) is 10.2. The smallest absolute Gasteiger partial charge is 0.257 e. The monoisotopic (exact) mass is 409 g/mol. The molecule has 0 aliphatic heterocycles. The number of hydrogen-bond acceptors (Lipinski definition) is 5. The largest absolute Gasteiger partial charge is 0.497 e. The molecule has 0 spiro atoms. The molecular formula is C23H24FN3O3. The molecule has 0 bridgehead atoms. The van der Waals surface area contributed by atoms with E-state index in [4.69, 9.17) is 9.26 Å². The Bertz CT molecular complexity index is 997. The Morgan fingerprint density at radius 2 is 1.87 bits per heavy atom. The average molecular weight is 409 g/mol. The number of benzene rings is 2. The number of carbonyl (C=O) groups is 1. The number of amides is 1. The molecule has 0 unspecified atom stereocenters. The van der Waals surface area contributed by atoms with Crippen molar-refractivity contribution in [3.8, 4) is 17.1 Å². The lowest BCUT2D eigenvalue weighted by Gasteiger charge is -2.33. The number of carbonyl (C=O) groups excluding carboxylic acids is 1. The number of aromatic nitrogens is 2. The van der Waals surface area contributed by atoms with Crippen LogP contribution in [-0.2, 0) is 6.54 Å². The van der Waals surface area contributed by atoms with E-state index in [1.807, 2.05) is 24.3 Å². The van der Waals surface area contributed by atoms with E-state index in [2.05, 4.69) is 10.1 Å². The van der Waals surface area contributed by atoms with Gasteiger partial charge in [0, 0.05) is 11.6 Å². The highest BCUT2D eigenvalue weighted by Crippen LogP contribution is 2.27. The zero-order valence-corrected chi connectivity index (χ0v) is 16.9. The Labute approximate surface area is 174 Å². The maximum absolute atomic E-state index is 14.3. The van der Waals surface area contributed by atoms with Crippen molar-refractivity contribution >= 4 is 5.91 Å². The fraction of sp³-hybridized carbons (Fsp3) is 0.348. The van der Waals surface area contributed by atoms with Gasteiger partial charge in [-0.1, -0.05) is 36.6 Å². The van der Waals surface area contributed by atoms with Gasteiger partial charge in [0.05, 0.1) is 12.7 Å². The zero-order chi connectivity index (χ0) is 20.9. The number of ether oxygens (including phenoxy) is 1. The van der Waals surface area contributed by atoms with Crippen molar-refractivity contribution in [1.29, 1.82) is 0 Å². The number of hydrogen-bond donors (Lipinski definition) is 0. The second-order valence-corrected chi connectivity index (χ2v) is 7.44. The van der Waals surface area contributed by atoms with Crippen LogP contribution < -0.4 is 4.74 Å². The number of halogens is 1. The van der Waals surface area contributed by atoms with Gasteiger partial charge in [0.1, 0.15) is 18.1 Å². The number of rotatable bonds is 6. The molecule has 1 aromatic heterocycles. The van der Waals surface area contributed by atoms with Crippen molar-refractivity contribution in [2.24, 2.45) is 0 Å². The molecule has 0 atom stereocenters. The van der Waals surface area contributed by atoms with E-state index in [0.29, 0.717) is 11.7 Å². The summed E-state index contributed by atoms with van der Waals surface area (Å²) in [4.78, 5) is 19.3. The van der Waals surface area contributed by atoms with Crippen LogP contribution in [0.2, 0.25) is 0 Å². The Kier molecular flexibility index (Phi) is 6.07. The van der Waals surface area contributed by atoms with Crippen LogP contribution >= 0.6 is 0 Å². The molecule has 0 radical (unpaired) electrons. The van der Waals surface area contributed by atoms with E-state index in [0.717, 1.165) is 43.4 Å². The fourth-order valence-corrected chi connectivity index (χ4v) is 3.87. The highest BCUT2D eigenvalue weighted by molar-refractivity contribution is 5.94. The molecule has 1 amide bonds. The molecule has 0 saturated heterocycles. The number of nitrogens with zero attached hydrogens (tertiary/aromatic N) is 3. The molecule has 1 aliphatic rings.